The third kappa shape index (κ3) is 2.22. The summed E-state index contributed by atoms with van der Waals surface area (Å²) in [5, 5.41) is 11.7. The van der Waals surface area contributed by atoms with Crippen LogP contribution in [0.1, 0.15) is 23.7 Å². The van der Waals surface area contributed by atoms with Gasteiger partial charge in [0, 0.05) is 19.5 Å². The summed E-state index contributed by atoms with van der Waals surface area (Å²) < 4.78 is 0. The Labute approximate surface area is 99.0 Å². The average molecular weight is 234 g/mol. The van der Waals surface area contributed by atoms with E-state index in [1.165, 1.54) is 6.07 Å². The number of fused-ring (bicyclic) bond motifs is 1. The van der Waals surface area contributed by atoms with Crippen molar-refractivity contribution in [3.63, 3.8) is 0 Å². The van der Waals surface area contributed by atoms with Gasteiger partial charge in [0.05, 0.1) is 16.9 Å². The predicted molar refractivity (Wildman–Crippen MR) is 64.5 cm³/mol. The van der Waals surface area contributed by atoms with Gasteiger partial charge in [0.15, 0.2) is 0 Å². The standard InChI is InChI=1S/C12H14N2O3/c1-2-14-6-5-11(15)13-9-4-3-8(12(16)17)7-10(9)14/h3-4,7H,2,5-6H2,1H3,(H,13,15)(H,16,17). The van der Waals surface area contributed by atoms with Gasteiger partial charge in [-0.2, -0.15) is 0 Å². The van der Waals surface area contributed by atoms with Gasteiger partial charge in [0.1, 0.15) is 0 Å². The number of amides is 1. The molecule has 1 aromatic rings. The van der Waals surface area contributed by atoms with E-state index in [9.17, 15) is 9.59 Å². The van der Waals surface area contributed by atoms with E-state index < -0.39 is 5.97 Å². The summed E-state index contributed by atoms with van der Waals surface area (Å²) in [7, 11) is 0. The molecule has 0 spiro atoms. The third-order valence-corrected chi connectivity index (χ3v) is 2.85. The number of carboxylic acids is 1. The van der Waals surface area contributed by atoms with Crippen molar-refractivity contribution in [3.05, 3.63) is 23.8 Å². The van der Waals surface area contributed by atoms with Crippen LogP contribution in [-0.4, -0.2) is 30.1 Å². The van der Waals surface area contributed by atoms with Crippen LogP contribution in [0.25, 0.3) is 0 Å². The van der Waals surface area contributed by atoms with Gasteiger partial charge in [-0.25, -0.2) is 4.79 Å². The van der Waals surface area contributed by atoms with Crippen molar-refractivity contribution in [2.24, 2.45) is 0 Å². The number of aromatic carboxylic acids is 1. The number of carbonyl (C=O) groups excluding carboxylic acids is 1. The van der Waals surface area contributed by atoms with Crippen LogP contribution < -0.4 is 10.2 Å². The molecule has 0 atom stereocenters. The molecule has 0 radical (unpaired) electrons. The fourth-order valence-corrected chi connectivity index (χ4v) is 1.93. The van der Waals surface area contributed by atoms with Gasteiger partial charge in [0.25, 0.3) is 0 Å². The second-order valence-electron chi connectivity index (χ2n) is 3.91. The molecular formula is C12H14N2O3. The normalized spacial score (nSPS) is 14.9. The number of carbonyl (C=O) groups is 2. The number of carboxylic acid groups (broad SMARTS) is 1. The number of hydrogen-bond acceptors (Lipinski definition) is 3. The lowest BCUT2D eigenvalue weighted by atomic mass is 10.1. The molecule has 1 heterocycles. The Balaban J connectivity index is 2.48. The monoisotopic (exact) mass is 234 g/mol. The first-order valence-corrected chi connectivity index (χ1v) is 5.54. The predicted octanol–water partition coefficient (Wildman–Crippen LogP) is 1.55. The van der Waals surface area contributed by atoms with Crippen LogP contribution in [0.3, 0.4) is 0 Å². The summed E-state index contributed by atoms with van der Waals surface area (Å²) in [4.78, 5) is 24.4. The first-order valence-electron chi connectivity index (χ1n) is 5.54. The van der Waals surface area contributed by atoms with Crippen molar-refractivity contribution < 1.29 is 14.7 Å². The van der Waals surface area contributed by atoms with Crippen LogP contribution in [0.5, 0.6) is 0 Å². The van der Waals surface area contributed by atoms with E-state index in [-0.39, 0.29) is 11.5 Å². The van der Waals surface area contributed by atoms with Crippen LogP contribution in [0.4, 0.5) is 11.4 Å². The molecule has 90 valence electrons. The Morgan fingerprint density at radius 1 is 1.53 bits per heavy atom. The Kier molecular flexibility index (Phi) is 2.99. The van der Waals surface area contributed by atoms with Gasteiger partial charge in [-0.3, -0.25) is 4.79 Å². The molecule has 0 fully saturated rings. The number of hydrogen-bond donors (Lipinski definition) is 2. The fraction of sp³-hybridized carbons (Fsp3) is 0.333. The second-order valence-corrected chi connectivity index (χ2v) is 3.91. The molecule has 0 saturated heterocycles. The summed E-state index contributed by atoms with van der Waals surface area (Å²) in [5.41, 5.74) is 1.69. The molecule has 5 nitrogen and oxygen atoms in total. The number of anilines is 2. The van der Waals surface area contributed by atoms with E-state index in [2.05, 4.69) is 5.32 Å². The van der Waals surface area contributed by atoms with E-state index in [1.807, 2.05) is 11.8 Å². The van der Waals surface area contributed by atoms with Crippen LogP contribution in [0.15, 0.2) is 18.2 Å². The van der Waals surface area contributed by atoms with Crippen molar-refractivity contribution in [2.45, 2.75) is 13.3 Å². The topological polar surface area (TPSA) is 69.6 Å². The summed E-state index contributed by atoms with van der Waals surface area (Å²) in [6.07, 6.45) is 0.422. The highest BCUT2D eigenvalue weighted by atomic mass is 16.4. The molecule has 2 rings (SSSR count). The highest BCUT2D eigenvalue weighted by Crippen LogP contribution is 2.29. The number of nitrogens with zero attached hydrogens (tertiary/aromatic N) is 1. The first-order chi connectivity index (χ1) is 8.11. The minimum absolute atomic E-state index is 0.0368. The van der Waals surface area contributed by atoms with Gasteiger partial charge in [-0.15, -0.1) is 0 Å². The Morgan fingerprint density at radius 3 is 2.94 bits per heavy atom. The maximum Gasteiger partial charge on any atom is 0.335 e. The maximum atomic E-state index is 11.5. The van der Waals surface area contributed by atoms with Crippen molar-refractivity contribution >= 4 is 23.3 Å². The minimum Gasteiger partial charge on any atom is -0.478 e. The van der Waals surface area contributed by atoms with Gasteiger partial charge >= 0.3 is 5.97 Å². The minimum atomic E-state index is -0.959. The lowest BCUT2D eigenvalue weighted by Gasteiger charge is -2.22. The summed E-state index contributed by atoms with van der Waals surface area (Å²) >= 11 is 0. The number of nitrogens with one attached hydrogen (secondary N) is 1. The van der Waals surface area contributed by atoms with Gasteiger partial charge in [0.2, 0.25) is 5.91 Å². The molecule has 0 aromatic heterocycles. The largest absolute Gasteiger partial charge is 0.478 e. The molecule has 1 aliphatic rings. The Hall–Kier alpha value is -2.04. The molecule has 0 aliphatic carbocycles. The quantitative estimate of drug-likeness (QED) is 0.814. The van der Waals surface area contributed by atoms with Crippen molar-refractivity contribution in [2.75, 3.05) is 23.3 Å². The first kappa shape index (κ1) is 11.4. The zero-order valence-corrected chi connectivity index (χ0v) is 9.56. The van der Waals surface area contributed by atoms with Crippen LogP contribution >= 0.6 is 0 Å². The zero-order valence-electron chi connectivity index (χ0n) is 9.56. The third-order valence-electron chi connectivity index (χ3n) is 2.85. The number of rotatable bonds is 2. The second kappa shape index (κ2) is 4.45. The summed E-state index contributed by atoms with van der Waals surface area (Å²) in [5.74, 6) is -0.996. The molecule has 17 heavy (non-hydrogen) atoms. The van der Waals surface area contributed by atoms with Crippen LogP contribution in [0, 0.1) is 0 Å². The molecular weight excluding hydrogens is 220 g/mol. The molecule has 0 unspecified atom stereocenters. The lowest BCUT2D eigenvalue weighted by Crippen LogP contribution is -2.24. The van der Waals surface area contributed by atoms with Gasteiger partial charge < -0.3 is 15.3 Å². The number of benzene rings is 1. The van der Waals surface area contributed by atoms with Crippen molar-refractivity contribution in [1.82, 2.24) is 0 Å². The molecule has 0 saturated carbocycles. The fourth-order valence-electron chi connectivity index (χ4n) is 1.93. The van der Waals surface area contributed by atoms with Gasteiger partial charge in [-0.1, -0.05) is 0 Å². The lowest BCUT2D eigenvalue weighted by molar-refractivity contribution is -0.115. The molecule has 1 amide bonds. The molecule has 1 aromatic carbocycles. The Morgan fingerprint density at radius 2 is 2.29 bits per heavy atom. The van der Waals surface area contributed by atoms with E-state index in [0.29, 0.717) is 18.7 Å². The maximum absolute atomic E-state index is 11.5. The molecule has 1 aliphatic heterocycles. The van der Waals surface area contributed by atoms with Crippen LogP contribution in [-0.2, 0) is 4.79 Å². The highest BCUT2D eigenvalue weighted by molar-refractivity contribution is 5.98. The van der Waals surface area contributed by atoms with Gasteiger partial charge in [-0.05, 0) is 25.1 Å². The van der Waals surface area contributed by atoms with E-state index >= 15 is 0 Å². The van der Waals surface area contributed by atoms with Crippen molar-refractivity contribution in [3.8, 4) is 0 Å². The Bertz CT molecular complexity index is 471. The van der Waals surface area contributed by atoms with E-state index in [0.717, 1.165) is 12.2 Å². The SMILES string of the molecule is CCN1CCC(=O)Nc2ccc(C(=O)O)cc21. The summed E-state index contributed by atoms with van der Waals surface area (Å²) in [6.45, 7) is 3.33. The zero-order chi connectivity index (χ0) is 12.4. The van der Waals surface area contributed by atoms with Crippen molar-refractivity contribution in [1.29, 1.82) is 0 Å². The van der Waals surface area contributed by atoms with Crippen LogP contribution in [0.2, 0.25) is 0 Å². The molecule has 5 heteroatoms. The highest BCUT2D eigenvalue weighted by Gasteiger charge is 2.19. The molecule has 2 N–H and O–H groups in total. The summed E-state index contributed by atoms with van der Waals surface area (Å²) in [6, 6.07) is 4.75. The molecule has 0 bridgehead atoms. The average Bonchev–Trinajstić information content (AvgIpc) is 2.46. The van der Waals surface area contributed by atoms with E-state index in [4.69, 9.17) is 5.11 Å². The smallest absolute Gasteiger partial charge is 0.335 e. The van der Waals surface area contributed by atoms with E-state index in [1.54, 1.807) is 12.1 Å².